The highest BCUT2D eigenvalue weighted by Crippen LogP contribution is 2.67. The third kappa shape index (κ3) is 2.75. The van der Waals surface area contributed by atoms with Crippen molar-refractivity contribution in [1.82, 2.24) is 0 Å². The summed E-state index contributed by atoms with van der Waals surface area (Å²) >= 11 is 0. The Morgan fingerprint density at radius 1 is 1.04 bits per heavy atom. The van der Waals surface area contributed by atoms with Crippen molar-refractivity contribution < 1.29 is 15.0 Å². The lowest BCUT2D eigenvalue weighted by Gasteiger charge is -2.62. The summed E-state index contributed by atoms with van der Waals surface area (Å²) in [5, 5.41) is 20.3. The second-order valence-corrected chi connectivity index (χ2v) is 10.6. The zero-order valence-corrected chi connectivity index (χ0v) is 16.8. The van der Waals surface area contributed by atoms with Crippen LogP contribution in [0.1, 0.15) is 90.9 Å². The average Bonchev–Trinajstić information content (AvgIpc) is 2.93. The molecule has 148 valence electrons. The fraction of sp³-hybridized carbons (Fsp3) is 0.957. The van der Waals surface area contributed by atoms with E-state index >= 15 is 0 Å². The number of carboxylic acid groups (broad SMARTS) is 1. The van der Waals surface area contributed by atoms with Crippen LogP contribution >= 0.6 is 0 Å². The molecule has 0 saturated heterocycles. The number of aliphatic hydroxyl groups excluding tert-OH is 1. The van der Waals surface area contributed by atoms with Gasteiger partial charge in [-0.3, -0.25) is 4.79 Å². The Balaban J connectivity index is 1.54. The largest absolute Gasteiger partial charge is 0.481 e. The van der Waals surface area contributed by atoms with Crippen LogP contribution in [0.3, 0.4) is 0 Å². The molecule has 0 aromatic rings. The molecule has 2 N–H and O–H groups in total. The normalized spacial score (nSPS) is 50.6. The SMILES string of the molecule is CC12CCCCC1CCC1C2CC(O)C2(C)C(CCCC(=O)O)CCC12. The molecule has 4 aliphatic carbocycles. The smallest absolute Gasteiger partial charge is 0.303 e. The Bertz CT molecular complexity index is 546. The molecule has 0 amide bonds. The van der Waals surface area contributed by atoms with E-state index < -0.39 is 5.97 Å². The fourth-order valence-electron chi connectivity index (χ4n) is 8.35. The van der Waals surface area contributed by atoms with Crippen molar-refractivity contribution >= 4 is 5.97 Å². The van der Waals surface area contributed by atoms with E-state index in [1.165, 1.54) is 51.4 Å². The molecule has 3 heteroatoms. The van der Waals surface area contributed by atoms with Crippen molar-refractivity contribution in [3.05, 3.63) is 0 Å². The van der Waals surface area contributed by atoms with Crippen LogP contribution in [-0.2, 0) is 4.79 Å². The first-order valence-electron chi connectivity index (χ1n) is 11.3. The number of rotatable bonds is 4. The molecule has 8 unspecified atom stereocenters. The maximum absolute atomic E-state index is 11.3. The fourth-order valence-corrected chi connectivity index (χ4v) is 8.35. The highest BCUT2D eigenvalue weighted by atomic mass is 16.4. The molecule has 0 aromatic carbocycles. The van der Waals surface area contributed by atoms with Crippen molar-refractivity contribution in [3.63, 3.8) is 0 Å². The molecule has 0 spiro atoms. The van der Waals surface area contributed by atoms with Crippen molar-refractivity contribution in [1.29, 1.82) is 0 Å². The van der Waals surface area contributed by atoms with Crippen LogP contribution in [0, 0.1) is 40.4 Å². The number of carbonyl (C=O) groups is 1. The number of hydrogen-bond acceptors (Lipinski definition) is 2. The van der Waals surface area contributed by atoms with Crippen LogP contribution in [0.15, 0.2) is 0 Å². The summed E-state index contributed by atoms with van der Waals surface area (Å²) in [6, 6.07) is 0. The predicted octanol–water partition coefficient (Wildman–Crippen LogP) is 5.26. The molecule has 0 aliphatic heterocycles. The summed E-state index contributed by atoms with van der Waals surface area (Å²) in [4.78, 5) is 10.9. The molecule has 4 rings (SSSR count). The second-order valence-electron chi connectivity index (χ2n) is 10.6. The van der Waals surface area contributed by atoms with Crippen molar-refractivity contribution in [2.24, 2.45) is 40.4 Å². The molecule has 3 nitrogen and oxygen atoms in total. The molecular weight excluding hydrogens is 324 g/mol. The highest BCUT2D eigenvalue weighted by Gasteiger charge is 2.62. The molecule has 8 atom stereocenters. The third-order valence-corrected chi connectivity index (χ3v) is 9.82. The van der Waals surface area contributed by atoms with Gasteiger partial charge in [0.25, 0.3) is 0 Å². The monoisotopic (exact) mass is 362 g/mol. The van der Waals surface area contributed by atoms with Gasteiger partial charge in [0, 0.05) is 6.42 Å². The van der Waals surface area contributed by atoms with Gasteiger partial charge in [-0.05, 0) is 98.2 Å². The van der Waals surface area contributed by atoms with E-state index in [1.54, 1.807) is 0 Å². The van der Waals surface area contributed by atoms with Crippen LogP contribution < -0.4 is 0 Å². The molecule has 0 radical (unpaired) electrons. The van der Waals surface area contributed by atoms with Gasteiger partial charge in [-0.15, -0.1) is 0 Å². The van der Waals surface area contributed by atoms with Crippen LogP contribution in [0.4, 0.5) is 0 Å². The van der Waals surface area contributed by atoms with E-state index in [2.05, 4.69) is 13.8 Å². The summed E-state index contributed by atoms with van der Waals surface area (Å²) in [7, 11) is 0. The van der Waals surface area contributed by atoms with Crippen LogP contribution in [-0.4, -0.2) is 22.3 Å². The van der Waals surface area contributed by atoms with Gasteiger partial charge in [0.1, 0.15) is 0 Å². The molecule has 0 bridgehead atoms. The van der Waals surface area contributed by atoms with Crippen LogP contribution in [0.5, 0.6) is 0 Å². The molecule has 4 fully saturated rings. The van der Waals surface area contributed by atoms with Crippen molar-refractivity contribution in [3.8, 4) is 0 Å². The Labute approximate surface area is 158 Å². The lowest BCUT2D eigenvalue weighted by Crippen LogP contribution is -2.57. The van der Waals surface area contributed by atoms with Crippen LogP contribution in [0.2, 0.25) is 0 Å². The highest BCUT2D eigenvalue weighted by molar-refractivity contribution is 5.66. The predicted molar refractivity (Wildman–Crippen MR) is 103 cm³/mol. The van der Waals surface area contributed by atoms with Gasteiger partial charge in [0.05, 0.1) is 6.10 Å². The maximum Gasteiger partial charge on any atom is 0.303 e. The van der Waals surface area contributed by atoms with E-state index in [9.17, 15) is 9.90 Å². The Kier molecular flexibility index (Phi) is 4.91. The first-order chi connectivity index (χ1) is 12.4. The first kappa shape index (κ1) is 18.8. The van der Waals surface area contributed by atoms with E-state index in [0.717, 1.165) is 31.1 Å². The van der Waals surface area contributed by atoms with Gasteiger partial charge in [-0.2, -0.15) is 0 Å². The number of aliphatic carboxylic acids is 1. The summed E-state index contributed by atoms with van der Waals surface area (Å²) in [6.07, 6.45) is 13.6. The van der Waals surface area contributed by atoms with Crippen molar-refractivity contribution in [2.45, 2.75) is 97.0 Å². The Morgan fingerprint density at radius 3 is 2.62 bits per heavy atom. The first-order valence-corrected chi connectivity index (χ1v) is 11.3. The minimum absolute atomic E-state index is 0.0253. The molecule has 0 heterocycles. The van der Waals surface area contributed by atoms with Gasteiger partial charge < -0.3 is 10.2 Å². The zero-order valence-electron chi connectivity index (χ0n) is 16.8. The summed E-state index contributed by atoms with van der Waals surface area (Å²) in [6.45, 7) is 4.91. The van der Waals surface area contributed by atoms with Gasteiger partial charge in [0.15, 0.2) is 0 Å². The van der Waals surface area contributed by atoms with E-state index in [4.69, 9.17) is 5.11 Å². The van der Waals surface area contributed by atoms with E-state index in [1.807, 2.05) is 0 Å². The van der Waals surface area contributed by atoms with Crippen LogP contribution in [0.25, 0.3) is 0 Å². The molecule has 0 aromatic heterocycles. The Morgan fingerprint density at radius 2 is 1.85 bits per heavy atom. The lowest BCUT2D eigenvalue weighted by molar-refractivity contribution is -0.164. The number of carboxylic acids is 1. The number of fused-ring (bicyclic) bond motifs is 5. The second kappa shape index (κ2) is 6.79. The summed E-state index contributed by atoms with van der Waals surface area (Å²) in [5.74, 6) is 2.89. The number of hydrogen-bond donors (Lipinski definition) is 2. The van der Waals surface area contributed by atoms with Gasteiger partial charge in [0.2, 0.25) is 0 Å². The zero-order chi connectivity index (χ0) is 18.5. The van der Waals surface area contributed by atoms with Gasteiger partial charge in [-0.1, -0.05) is 26.7 Å². The minimum Gasteiger partial charge on any atom is -0.481 e. The van der Waals surface area contributed by atoms with Gasteiger partial charge in [-0.25, -0.2) is 0 Å². The quantitative estimate of drug-likeness (QED) is 0.717. The molecule has 26 heavy (non-hydrogen) atoms. The van der Waals surface area contributed by atoms with E-state index in [-0.39, 0.29) is 17.9 Å². The van der Waals surface area contributed by atoms with Crippen molar-refractivity contribution in [2.75, 3.05) is 0 Å². The summed E-state index contributed by atoms with van der Waals surface area (Å²) in [5.41, 5.74) is 0.488. The van der Waals surface area contributed by atoms with Gasteiger partial charge >= 0.3 is 5.97 Å². The topological polar surface area (TPSA) is 57.5 Å². The Hall–Kier alpha value is -0.570. The third-order valence-electron chi connectivity index (χ3n) is 9.82. The molecular formula is C23H38O3. The maximum atomic E-state index is 11.3. The number of aliphatic hydroxyl groups is 1. The molecule has 4 saturated carbocycles. The average molecular weight is 363 g/mol. The standard InChI is InChI=1S/C23H38O3/c1-22-13-4-3-6-15(22)9-11-17-18-12-10-16(7-5-8-21(25)26)23(18,2)20(24)14-19(17)22/h15-20,24H,3-14H2,1-2H3,(H,25,26). The lowest BCUT2D eigenvalue weighted by atomic mass is 9.44. The minimum atomic E-state index is -0.683. The van der Waals surface area contributed by atoms with E-state index in [0.29, 0.717) is 23.2 Å². The molecule has 4 aliphatic rings. The summed E-state index contributed by atoms with van der Waals surface area (Å²) < 4.78 is 0.